The number of nitrogens with zero attached hydrogens (tertiary/aromatic N) is 3. The Hall–Kier alpha value is -9.57. The number of aromatic nitrogens is 3. The van der Waals surface area contributed by atoms with E-state index < -0.39 is 0 Å². The summed E-state index contributed by atoms with van der Waals surface area (Å²) in [5, 5.41) is 7.04. The molecule has 0 spiro atoms. The second-order valence-corrected chi connectivity index (χ2v) is 19.6. The first-order chi connectivity index (χ1) is 36.9. The van der Waals surface area contributed by atoms with Crippen molar-refractivity contribution in [1.29, 1.82) is 0 Å². The average molecular weight is 958 g/mol. The lowest BCUT2D eigenvalue weighted by Gasteiger charge is -2.25. The zero-order valence-corrected chi connectivity index (χ0v) is 42.1. The number of pyridine rings is 3. The Balaban J connectivity index is 1.15. The first-order valence-electron chi connectivity index (χ1n) is 25.8. The molecule has 0 unspecified atom stereocenters. The van der Waals surface area contributed by atoms with E-state index in [4.69, 9.17) is 15.0 Å². The normalized spacial score (nSPS) is 11.4. The maximum absolute atomic E-state index is 5.50. The highest BCUT2D eigenvalue weighted by atomic mass is 14.7. The van der Waals surface area contributed by atoms with Crippen LogP contribution in [0, 0.1) is 20.8 Å². The predicted octanol–water partition coefficient (Wildman–Crippen LogP) is 19.3. The molecular weight excluding hydrogens is 907 g/mol. The molecule has 0 saturated heterocycles. The van der Waals surface area contributed by atoms with Crippen LogP contribution in [-0.2, 0) is 0 Å². The number of hydrogen-bond acceptors (Lipinski definition) is 3. The van der Waals surface area contributed by atoms with Gasteiger partial charge in [-0.05, 0) is 140 Å². The van der Waals surface area contributed by atoms with Crippen molar-refractivity contribution in [2.24, 2.45) is 0 Å². The van der Waals surface area contributed by atoms with Crippen LogP contribution in [0.2, 0.25) is 0 Å². The molecule has 75 heavy (non-hydrogen) atoms. The van der Waals surface area contributed by atoms with Gasteiger partial charge in [-0.1, -0.05) is 218 Å². The van der Waals surface area contributed by atoms with E-state index >= 15 is 0 Å². The molecule has 13 aromatic rings. The Morgan fingerprint density at radius 3 is 0.747 bits per heavy atom. The molecule has 3 heteroatoms. The minimum absolute atomic E-state index is 0.917. The largest absolute Gasteiger partial charge is 0.248 e. The fourth-order valence-electron chi connectivity index (χ4n) is 11.6. The lowest BCUT2D eigenvalue weighted by atomic mass is 9.80. The minimum atomic E-state index is 0.917. The highest BCUT2D eigenvalue weighted by molar-refractivity contribution is 6.02. The van der Waals surface area contributed by atoms with Crippen molar-refractivity contribution in [1.82, 2.24) is 15.0 Å². The summed E-state index contributed by atoms with van der Waals surface area (Å²) < 4.78 is 0. The summed E-state index contributed by atoms with van der Waals surface area (Å²) in [6, 6.07) is 91.2. The molecule has 0 N–H and O–H groups in total. The zero-order chi connectivity index (χ0) is 50.4. The van der Waals surface area contributed by atoms with Crippen LogP contribution in [0.1, 0.15) is 16.7 Å². The van der Waals surface area contributed by atoms with Crippen molar-refractivity contribution in [2.75, 3.05) is 0 Å². The van der Waals surface area contributed by atoms with Gasteiger partial charge < -0.3 is 0 Å². The van der Waals surface area contributed by atoms with Crippen LogP contribution in [0.15, 0.2) is 255 Å². The van der Waals surface area contributed by atoms with Gasteiger partial charge >= 0.3 is 0 Å². The first kappa shape index (κ1) is 45.3. The lowest BCUT2D eigenvalue weighted by Crippen LogP contribution is -2.03. The summed E-state index contributed by atoms with van der Waals surface area (Å²) in [5.74, 6) is 0. The maximum atomic E-state index is 5.50. The van der Waals surface area contributed by atoms with Gasteiger partial charge in [0.1, 0.15) is 0 Å². The minimum Gasteiger partial charge on any atom is -0.248 e. The van der Waals surface area contributed by atoms with Crippen molar-refractivity contribution in [3.63, 3.8) is 0 Å². The van der Waals surface area contributed by atoms with Gasteiger partial charge in [-0.15, -0.1) is 0 Å². The average Bonchev–Trinajstić information content (AvgIpc) is 3.47. The van der Waals surface area contributed by atoms with Gasteiger partial charge in [0.15, 0.2) is 0 Å². The third-order valence-corrected chi connectivity index (χ3v) is 15.0. The van der Waals surface area contributed by atoms with E-state index in [1.807, 2.05) is 0 Å². The van der Waals surface area contributed by atoms with E-state index in [9.17, 15) is 0 Å². The fraction of sp³-hybridized carbons (Fsp3) is 0.0417. The fourth-order valence-corrected chi connectivity index (χ4v) is 11.6. The van der Waals surface area contributed by atoms with E-state index in [0.717, 1.165) is 84.2 Å². The standard InChI is InChI=1S/C72H51N3/c1-46-70(55-40-64(52-25-7-4-8-26-52)73-67(43-55)61-37-19-31-49-22-13-16-34-58(49)61)47(2)72(57-42-66(54-29-11-6-12-30-54)75-69(45-57)63-39-21-33-51-24-15-18-36-60(51)63)48(3)71(46)56-41-65(53-27-9-5-10-28-53)74-68(44-56)62-38-20-32-50-23-14-17-35-59(50)62/h4-45H,1-3H3. The highest BCUT2D eigenvalue weighted by Gasteiger charge is 2.25. The molecular formula is C72H51N3. The van der Waals surface area contributed by atoms with E-state index in [2.05, 4.69) is 276 Å². The molecule has 0 bridgehead atoms. The van der Waals surface area contributed by atoms with Crippen LogP contribution in [0.25, 0.3) is 133 Å². The lowest BCUT2D eigenvalue weighted by molar-refractivity contribution is 1.27. The monoisotopic (exact) mass is 957 g/mol. The molecule has 0 aliphatic carbocycles. The van der Waals surface area contributed by atoms with Crippen LogP contribution in [0.5, 0.6) is 0 Å². The number of rotatable bonds is 9. The van der Waals surface area contributed by atoms with Crippen molar-refractivity contribution >= 4 is 32.3 Å². The molecule has 0 saturated carbocycles. The van der Waals surface area contributed by atoms with Gasteiger partial charge in [-0.3, -0.25) is 0 Å². The summed E-state index contributed by atoms with van der Waals surface area (Å²) in [6.45, 7) is 6.95. The predicted molar refractivity (Wildman–Crippen MR) is 315 cm³/mol. The Kier molecular flexibility index (Phi) is 11.6. The van der Waals surface area contributed by atoms with Gasteiger partial charge in [0.05, 0.1) is 34.2 Å². The van der Waals surface area contributed by atoms with E-state index in [1.165, 1.54) is 65.7 Å². The van der Waals surface area contributed by atoms with Crippen molar-refractivity contribution in [3.05, 3.63) is 271 Å². The van der Waals surface area contributed by atoms with Crippen LogP contribution in [0.4, 0.5) is 0 Å². The van der Waals surface area contributed by atoms with Crippen molar-refractivity contribution in [3.8, 4) is 101 Å². The number of hydrogen-bond donors (Lipinski definition) is 0. The summed E-state index contributed by atoms with van der Waals surface area (Å²) >= 11 is 0. The smallest absolute Gasteiger partial charge is 0.0721 e. The molecule has 0 radical (unpaired) electrons. The molecule has 0 fully saturated rings. The first-order valence-corrected chi connectivity index (χ1v) is 25.8. The SMILES string of the molecule is Cc1c(-c2cc(-c3ccccc3)nc(-c3cccc4ccccc34)c2)c(C)c(-c2cc(-c3ccccc3)nc(-c3cccc4ccccc34)c2)c(C)c1-c1cc(-c2ccccc2)nc(-c2cccc3ccccc23)c1. The quantitative estimate of drug-likeness (QED) is 0.145. The molecule has 3 heterocycles. The summed E-state index contributed by atoms with van der Waals surface area (Å²) in [7, 11) is 0. The second-order valence-electron chi connectivity index (χ2n) is 19.6. The number of fused-ring (bicyclic) bond motifs is 3. The zero-order valence-electron chi connectivity index (χ0n) is 42.1. The Labute approximate surface area is 438 Å². The number of benzene rings is 10. The maximum Gasteiger partial charge on any atom is 0.0721 e. The second kappa shape index (κ2) is 19.1. The Bertz CT molecular complexity index is 3830. The van der Waals surface area contributed by atoms with Gasteiger partial charge in [0.2, 0.25) is 0 Å². The summed E-state index contributed by atoms with van der Waals surface area (Å²) in [5.41, 5.74) is 22.3. The summed E-state index contributed by atoms with van der Waals surface area (Å²) in [6.07, 6.45) is 0. The van der Waals surface area contributed by atoms with Crippen molar-refractivity contribution in [2.45, 2.75) is 20.8 Å². The third-order valence-electron chi connectivity index (χ3n) is 15.0. The van der Waals surface area contributed by atoms with Gasteiger partial charge in [0.25, 0.3) is 0 Å². The molecule has 0 aliphatic heterocycles. The van der Waals surface area contributed by atoms with Gasteiger partial charge in [-0.2, -0.15) is 0 Å². The Morgan fingerprint density at radius 2 is 0.453 bits per heavy atom. The van der Waals surface area contributed by atoms with E-state index in [-0.39, 0.29) is 0 Å². The highest BCUT2D eigenvalue weighted by Crippen LogP contribution is 2.48. The third kappa shape index (κ3) is 8.35. The van der Waals surface area contributed by atoms with Gasteiger partial charge in [-0.25, -0.2) is 15.0 Å². The van der Waals surface area contributed by atoms with Gasteiger partial charge in [0, 0.05) is 33.4 Å². The van der Waals surface area contributed by atoms with Crippen LogP contribution >= 0.6 is 0 Å². The Morgan fingerprint density at radius 1 is 0.213 bits per heavy atom. The van der Waals surface area contributed by atoms with E-state index in [0.29, 0.717) is 0 Å². The molecule has 13 rings (SSSR count). The molecule has 0 amide bonds. The van der Waals surface area contributed by atoms with Crippen LogP contribution in [-0.4, -0.2) is 15.0 Å². The topological polar surface area (TPSA) is 38.7 Å². The van der Waals surface area contributed by atoms with Crippen LogP contribution < -0.4 is 0 Å². The summed E-state index contributed by atoms with van der Waals surface area (Å²) in [4.78, 5) is 16.5. The molecule has 0 aliphatic rings. The van der Waals surface area contributed by atoms with Crippen molar-refractivity contribution < 1.29 is 0 Å². The molecule has 3 nitrogen and oxygen atoms in total. The molecule has 354 valence electrons. The molecule has 0 atom stereocenters. The van der Waals surface area contributed by atoms with E-state index in [1.54, 1.807) is 0 Å². The molecule has 10 aromatic carbocycles. The van der Waals surface area contributed by atoms with Crippen LogP contribution in [0.3, 0.4) is 0 Å². The molecule has 3 aromatic heterocycles.